The fraction of sp³-hybridized carbons (Fsp3) is 0.421. The van der Waals surface area contributed by atoms with Crippen molar-refractivity contribution in [2.45, 2.75) is 20.0 Å². The van der Waals surface area contributed by atoms with Gasteiger partial charge in [0, 0.05) is 38.9 Å². The Morgan fingerprint density at radius 1 is 1.13 bits per heavy atom. The minimum absolute atomic E-state index is 0.0345. The highest BCUT2D eigenvalue weighted by atomic mass is 16.5. The SMILES string of the molecule is COC(=O)C=CC(C)=CC(C)C(OC)c1ccc(N(C)C)cc1. The van der Waals surface area contributed by atoms with Crippen LogP contribution in [0.15, 0.2) is 48.1 Å². The molecule has 0 radical (unpaired) electrons. The van der Waals surface area contributed by atoms with Crippen molar-refractivity contribution in [3.05, 3.63) is 53.6 Å². The van der Waals surface area contributed by atoms with Crippen molar-refractivity contribution in [1.82, 2.24) is 0 Å². The Balaban J connectivity index is 2.87. The first-order valence-corrected chi connectivity index (χ1v) is 7.63. The van der Waals surface area contributed by atoms with E-state index in [1.54, 1.807) is 13.2 Å². The zero-order chi connectivity index (χ0) is 17.4. The van der Waals surface area contributed by atoms with E-state index in [0.717, 1.165) is 16.8 Å². The average Bonchev–Trinajstić information content (AvgIpc) is 2.53. The van der Waals surface area contributed by atoms with Crippen molar-refractivity contribution < 1.29 is 14.3 Å². The lowest BCUT2D eigenvalue weighted by Crippen LogP contribution is -2.12. The molecule has 0 aromatic heterocycles. The van der Waals surface area contributed by atoms with E-state index in [2.05, 4.69) is 46.9 Å². The summed E-state index contributed by atoms with van der Waals surface area (Å²) in [5.41, 5.74) is 3.28. The van der Waals surface area contributed by atoms with Gasteiger partial charge in [0.1, 0.15) is 0 Å². The number of anilines is 1. The third kappa shape index (κ3) is 5.91. The number of allylic oxidation sites excluding steroid dienone is 2. The molecule has 0 aliphatic rings. The molecule has 1 aromatic rings. The molecular formula is C19H27NO3. The van der Waals surface area contributed by atoms with Gasteiger partial charge in [0.05, 0.1) is 13.2 Å². The van der Waals surface area contributed by atoms with E-state index >= 15 is 0 Å². The molecule has 0 saturated heterocycles. The molecule has 0 aliphatic carbocycles. The van der Waals surface area contributed by atoms with Gasteiger partial charge < -0.3 is 14.4 Å². The molecule has 2 atom stereocenters. The number of carbonyl (C=O) groups excluding carboxylic acids is 1. The van der Waals surface area contributed by atoms with Gasteiger partial charge in [0.25, 0.3) is 0 Å². The van der Waals surface area contributed by atoms with Gasteiger partial charge in [-0.3, -0.25) is 0 Å². The number of esters is 1. The van der Waals surface area contributed by atoms with E-state index in [4.69, 9.17) is 4.74 Å². The highest BCUT2D eigenvalue weighted by Crippen LogP contribution is 2.28. The highest BCUT2D eigenvalue weighted by Gasteiger charge is 2.17. The summed E-state index contributed by atoms with van der Waals surface area (Å²) in [7, 11) is 7.12. The van der Waals surface area contributed by atoms with Crippen molar-refractivity contribution in [3.8, 4) is 0 Å². The Kier molecular flexibility index (Phi) is 7.55. The molecule has 4 nitrogen and oxygen atoms in total. The molecule has 0 aliphatic heterocycles. The van der Waals surface area contributed by atoms with Gasteiger partial charge in [0.15, 0.2) is 0 Å². The summed E-state index contributed by atoms with van der Waals surface area (Å²) in [6.45, 7) is 4.06. The van der Waals surface area contributed by atoms with E-state index in [0.29, 0.717) is 0 Å². The molecule has 0 bridgehead atoms. The standard InChI is InChI=1S/C19H27NO3/c1-14(7-12-18(21)22-5)13-15(2)19(23-6)16-8-10-17(11-9-16)20(3)4/h7-13,15,19H,1-6H3. The number of methoxy groups -OCH3 is 2. The predicted octanol–water partition coefficient (Wildman–Crippen LogP) is 3.75. The van der Waals surface area contributed by atoms with Gasteiger partial charge in [-0.25, -0.2) is 4.79 Å². The monoisotopic (exact) mass is 317 g/mol. The fourth-order valence-corrected chi connectivity index (χ4v) is 2.44. The number of benzene rings is 1. The number of hydrogen-bond acceptors (Lipinski definition) is 4. The maximum absolute atomic E-state index is 11.1. The molecular weight excluding hydrogens is 290 g/mol. The molecule has 0 heterocycles. The van der Waals surface area contributed by atoms with E-state index in [1.807, 2.05) is 21.0 Å². The Hall–Kier alpha value is -2.07. The quantitative estimate of drug-likeness (QED) is 0.436. The summed E-state index contributed by atoms with van der Waals surface area (Å²) in [4.78, 5) is 13.2. The van der Waals surface area contributed by atoms with Crippen LogP contribution in [0.1, 0.15) is 25.5 Å². The molecule has 0 amide bonds. The van der Waals surface area contributed by atoms with E-state index in [1.165, 1.54) is 13.2 Å². The van der Waals surface area contributed by atoms with Crippen molar-refractivity contribution in [3.63, 3.8) is 0 Å². The zero-order valence-corrected chi connectivity index (χ0v) is 14.9. The lowest BCUT2D eigenvalue weighted by atomic mass is 9.95. The third-order valence-corrected chi connectivity index (χ3v) is 3.68. The third-order valence-electron chi connectivity index (χ3n) is 3.68. The number of carbonyl (C=O) groups is 1. The van der Waals surface area contributed by atoms with Gasteiger partial charge in [-0.2, -0.15) is 0 Å². The first-order chi connectivity index (χ1) is 10.9. The van der Waals surface area contributed by atoms with Crippen LogP contribution in [0, 0.1) is 5.92 Å². The second-order valence-corrected chi connectivity index (χ2v) is 5.77. The average molecular weight is 317 g/mol. The van der Waals surface area contributed by atoms with Gasteiger partial charge in [-0.15, -0.1) is 0 Å². The lowest BCUT2D eigenvalue weighted by Gasteiger charge is -2.22. The van der Waals surface area contributed by atoms with Crippen molar-refractivity contribution in [2.75, 3.05) is 33.2 Å². The smallest absolute Gasteiger partial charge is 0.330 e. The Morgan fingerprint density at radius 2 is 1.74 bits per heavy atom. The summed E-state index contributed by atoms with van der Waals surface area (Å²) in [5, 5.41) is 0. The van der Waals surface area contributed by atoms with Gasteiger partial charge in [-0.1, -0.05) is 36.8 Å². The number of ether oxygens (including phenoxy) is 2. The van der Waals surface area contributed by atoms with E-state index < -0.39 is 0 Å². The van der Waals surface area contributed by atoms with Crippen LogP contribution in [0.4, 0.5) is 5.69 Å². The van der Waals surface area contributed by atoms with Crippen molar-refractivity contribution in [2.24, 2.45) is 5.92 Å². The summed E-state index contributed by atoms with van der Waals surface area (Å²) >= 11 is 0. The molecule has 2 unspecified atom stereocenters. The van der Waals surface area contributed by atoms with Gasteiger partial charge in [0.2, 0.25) is 0 Å². The predicted molar refractivity (Wildman–Crippen MR) is 94.6 cm³/mol. The summed E-state index contributed by atoms with van der Waals surface area (Å²) in [6, 6.07) is 8.35. The lowest BCUT2D eigenvalue weighted by molar-refractivity contribution is -0.134. The Bertz CT molecular complexity index is 558. The van der Waals surface area contributed by atoms with Crippen LogP contribution < -0.4 is 4.90 Å². The number of hydrogen-bond donors (Lipinski definition) is 0. The number of rotatable bonds is 7. The first-order valence-electron chi connectivity index (χ1n) is 7.63. The molecule has 4 heteroatoms. The second kappa shape index (κ2) is 9.16. The first kappa shape index (κ1) is 19.0. The van der Waals surface area contributed by atoms with Crippen molar-refractivity contribution >= 4 is 11.7 Å². The molecule has 1 rings (SSSR count). The number of nitrogens with zero attached hydrogens (tertiary/aromatic N) is 1. The van der Waals surface area contributed by atoms with Crippen LogP contribution in [0.25, 0.3) is 0 Å². The van der Waals surface area contributed by atoms with Gasteiger partial charge in [-0.05, 0) is 24.6 Å². The second-order valence-electron chi connectivity index (χ2n) is 5.77. The molecule has 0 N–H and O–H groups in total. The van der Waals surface area contributed by atoms with Crippen molar-refractivity contribution in [1.29, 1.82) is 0 Å². The molecule has 0 spiro atoms. The normalized spacial score (nSPS) is 14.6. The van der Waals surface area contributed by atoms with Crippen LogP contribution in [0.5, 0.6) is 0 Å². The molecule has 0 fully saturated rings. The maximum Gasteiger partial charge on any atom is 0.330 e. The van der Waals surface area contributed by atoms with Crippen LogP contribution in [-0.2, 0) is 14.3 Å². The maximum atomic E-state index is 11.1. The highest BCUT2D eigenvalue weighted by molar-refractivity contribution is 5.82. The van der Waals surface area contributed by atoms with E-state index in [9.17, 15) is 4.79 Å². The summed E-state index contributed by atoms with van der Waals surface area (Å²) < 4.78 is 10.3. The van der Waals surface area contributed by atoms with Gasteiger partial charge >= 0.3 is 5.97 Å². The van der Waals surface area contributed by atoms with E-state index in [-0.39, 0.29) is 18.0 Å². The minimum atomic E-state index is -0.354. The van der Waals surface area contributed by atoms with Crippen LogP contribution in [-0.4, -0.2) is 34.3 Å². The zero-order valence-electron chi connectivity index (χ0n) is 14.9. The molecule has 23 heavy (non-hydrogen) atoms. The molecule has 126 valence electrons. The summed E-state index contributed by atoms with van der Waals surface area (Å²) in [5.74, 6) is -0.180. The largest absolute Gasteiger partial charge is 0.466 e. The topological polar surface area (TPSA) is 38.8 Å². The van der Waals surface area contributed by atoms with Crippen LogP contribution in [0.3, 0.4) is 0 Å². The van der Waals surface area contributed by atoms with Crippen LogP contribution >= 0.6 is 0 Å². The molecule has 1 aromatic carbocycles. The molecule has 0 saturated carbocycles. The fourth-order valence-electron chi connectivity index (χ4n) is 2.44. The van der Waals surface area contributed by atoms with Crippen LogP contribution in [0.2, 0.25) is 0 Å². The minimum Gasteiger partial charge on any atom is -0.466 e. The summed E-state index contributed by atoms with van der Waals surface area (Å²) in [6.07, 6.45) is 5.23. The Labute approximate surface area is 139 Å². The Morgan fingerprint density at radius 3 is 2.22 bits per heavy atom.